The highest BCUT2D eigenvalue weighted by Gasteiger charge is 2.54. The summed E-state index contributed by atoms with van der Waals surface area (Å²) in [5.74, 6) is -2.13. The highest BCUT2D eigenvalue weighted by atomic mass is 16.5. The molecule has 1 aromatic heterocycles. The second kappa shape index (κ2) is 21.1. The molecule has 0 aliphatic carbocycles. The number of carbonyl (C=O) groups excluding carboxylic acids is 4. The van der Waals surface area contributed by atoms with Gasteiger partial charge in [0.2, 0.25) is 23.6 Å². The number of benzene rings is 3. The molecule has 0 saturated carbocycles. The Morgan fingerprint density at radius 2 is 1.04 bits per heavy atom. The van der Waals surface area contributed by atoms with E-state index >= 15 is 0 Å². The van der Waals surface area contributed by atoms with Gasteiger partial charge in [0.1, 0.15) is 29.0 Å². The Morgan fingerprint density at radius 3 is 1.41 bits per heavy atom. The predicted octanol–water partition coefficient (Wildman–Crippen LogP) is 6.54. The van der Waals surface area contributed by atoms with Crippen molar-refractivity contribution in [2.75, 3.05) is 63.3 Å². The van der Waals surface area contributed by atoms with Crippen LogP contribution in [-0.4, -0.2) is 136 Å². The van der Waals surface area contributed by atoms with Crippen LogP contribution in [0.1, 0.15) is 101 Å². The van der Waals surface area contributed by atoms with E-state index in [2.05, 4.69) is 40.1 Å². The summed E-state index contributed by atoms with van der Waals surface area (Å²) in [5.41, 5.74) is 15.5. The van der Waals surface area contributed by atoms with Crippen molar-refractivity contribution >= 4 is 47.3 Å². The number of pyridine rings is 1. The van der Waals surface area contributed by atoms with Crippen LogP contribution in [0.3, 0.4) is 0 Å². The zero-order chi connectivity index (χ0) is 52.5. The number of amides is 6. The van der Waals surface area contributed by atoms with Crippen LogP contribution >= 0.6 is 0 Å². The number of carbonyl (C=O) groups is 6. The summed E-state index contributed by atoms with van der Waals surface area (Å²) < 4.78 is 5.53. The average molecular weight is 1000 g/mol. The van der Waals surface area contributed by atoms with Gasteiger partial charge in [-0.3, -0.25) is 29.0 Å². The van der Waals surface area contributed by atoms with Crippen LogP contribution in [0.15, 0.2) is 91.1 Å². The van der Waals surface area contributed by atoms with Gasteiger partial charge in [0, 0.05) is 57.7 Å². The molecule has 3 aromatic carbocycles. The smallest absolute Gasteiger partial charge is 0.407 e. The summed E-state index contributed by atoms with van der Waals surface area (Å²) >= 11 is 0. The molecule has 4 aliphatic heterocycles. The van der Waals surface area contributed by atoms with Crippen LogP contribution in [0.5, 0.6) is 0 Å². The van der Waals surface area contributed by atoms with Gasteiger partial charge in [-0.25, -0.2) is 14.6 Å². The average Bonchev–Trinajstić information content (AvgIpc) is 4.16. The fourth-order valence-electron chi connectivity index (χ4n) is 12.1. The summed E-state index contributed by atoms with van der Waals surface area (Å²) in [6, 6.07) is 25.5. The van der Waals surface area contributed by atoms with Crippen molar-refractivity contribution in [2.24, 2.45) is 23.3 Å². The number of morpholine rings is 1. The Labute approximate surface area is 426 Å². The normalized spacial score (nSPS) is 22.9. The standard InChI is InChI=1S/C55H69N9O9/c1-34(2)46(59(5)52(69)70)48(65)62-27-7-25-54(62,50(56)67)40-16-9-37(10-17-40)43-22-23-44(64(43)42-20-13-36(14-21-42)39-15-24-45(58-33-39)61-29-31-73-32-30-61)38-11-18-41(19-12-38)55(51(57)68)26-8-28-63(55)49(66)47(35(3)4)60(6)53(71)72/h9-21,24,33-35,43-44,46-47H,7-8,22-23,25-32H2,1-6H3,(H2,56,67)(H2,57,68)(H,69,70)(H,71,72)/t43-,44-,46-,47-,54-,55-/m0/s1. The van der Waals surface area contributed by atoms with E-state index in [1.807, 2.05) is 60.8 Å². The maximum atomic E-state index is 14.3. The van der Waals surface area contributed by atoms with Gasteiger partial charge < -0.3 is 46.0 Å². The molecule has 6 atom stereocenters. The van der Waals surface area contributed by atoms with E-state index in [1.165, 1.54) is 23.9 Å². The van der Waals surface area contributed by atoms with E-state index in [0.717, 1.165) is 69.5 Å². The van der Waals surface area contributed by atoms with Crippen molar-refractivity contribution < 1.29 is 43.7 Å². The van der Waals surface area contributed by atoms with Gasteiger partial charge in [-0.2, -0.15) is 0 Å². The van der Waals surface area contributed by atoms with Crippen LogP contribution in [-0.2, 0) is 35.0 Å². The SMILES string of the molecule is CC(C)[C@@H](C(=O)N1CCC[C@@]1(C(N)=O)c1ccc([C@@H]2CC[C@@H](c3ccc([C@]4(C(N)=O)CCCN4C(=O)[C@H](C(C)C)N(C)C(=O)O)cc3)N2c2ccc(-c3ccc(N4CCOCC4)nc3)cc2)cc1)N(C)C(=O)O. The molecule has 6 amide bonds. The number of primary amides is 2. The third-order valence-electron chi connectivity index (χ3n) is 15.8. The first-order chi connectivity index (χ1) is 34.8. The molecular weight excluding hydrogens is 931 g/mol. The zero-order valence-corrected chi connectivity index (χ0v) is 42.6. The van der Waals surface area contributed by atoms with E-state index in [1.54, 1.807) is 27.7 Å². The van der Waals surface area contributed by atoms with Crippen molar-refractivity contribution in [1.82, 2.24) is 24.6 Å². The molecule has 73 heavy (non-hydrogen) atoms. The summed E-state index contributed by atoms with van der Waals surface area (Å²) in [6.07, 6.45) is 2.48. The van der Waals surface area contributed by atoms with Gasteiger partial charge in [-0.15, -0.1) is 0 Å². The minimum atomic E-state index is -1.48. The zero-order valence-electron chi connectivity index (χ0n) is 42.6. The van der Waals surface area contributed by atoms with E-state index in [4.69, 9.17) is 21.2 Å². The van der Waals surface area contributed by atoms with Gasteiger partial charge in [0.15, 0.2) is 0 Å². The number of anilines is 2. The molecule has 0 unspecified atom stereocenters. The number of nitrogens with zero attached hydrogens (tertiary/aromatic N) is 7. The molecule has 4 aliphatic rings. The second-order valence-electron chi connectivity index (χ2n) is 20.6. The molecule has 8 rings (SSSR count). The van der Waals surface area contributed by atoms with Crippen molar-refractivity contribution in [3.8, 4) is 11.1 Å². The van der Waals surface area contributed by atoms with E-state index < -0.39 is 59.0 Å². The fraction of sp³-hybridized carbons (Fsp3) is 0.473. The molecule has 388 valence electrons. The van der Waals surface area contributed by atoms with Crippen molar-refractivity contribution in [3.63, 3.8) is 0 Å². The maximum Gasteiger partial charge on any atom is 0.407 e. The number of hydrogen-bond acceptors (Lipinski definition) is 10. The van der Waals surface area contributed by atoms with Gasteiger partial charge in [0.25, 0.3) is 0 Å². The van der Waals surface area contributed by atoms with Crippen molar-refractivity contribution in [3.05, 3.63) is 113 Å². The molecule has 18 heteroatoms. The minimum Gasteiger partial charge on any atom is -0.465 e. The number of likely N-dealkylation sites (tertiary alicyclic amines) is 2. The number of aromatic nitrogens is 1. The molecule has 0 bridgehead atoms. The quantitative estimate of drug-likeness (QED) is 0.0994. The Balaban J connectivity index is 1.14. The van der Waals surface area contributed by atoms with Gasteiger partial charge in [0.05, 0.1) is 25.3 Å². The molecule has 4 fully saturated rings. The molecular formula is C55H69N9O9. The lowest BCUT2D eigenvalue weighted by molar-refractivity contribution is -0.148. The fourth-order valence-corrected chi connectivity index (χ4v) is 12.1. The lowest BCUT2D eigenvalue weighted by Crippen LogP contribution is -2.59. The number of ether oxygens (including phenoxy) is 1. The second-order valence-corrected chi connectivity index (χ2v) is 20.6. The van der Waals surface area contributed by atoms with Gasteiger partial charge >= 0.3 is 12.2 Å². The van der Waals surface area contributed by atoms with E-state index in [0.29, 0.717) is 50.0 Å². The Bertz CT molecular complexity index is 2550. The Hall–Kier alpha value is -7.21. The monoisotopic (exact) mass is 1000 g/mol. The molecule has 18 nitrogen and oxygen atoms in total. The van der Waals surface area contributed by atoms with Crippen LogP contribution in [0.2, 0.25) is 0 Å². The topological polar surface area (TPSA) is 236 Å². The van der Waals surface area contributed by atoms with Crippen molar-refractivity contribution in [1.29, 1.82) is 0 Å². The molecule has 6 N–H and O–H groups in total. The first-order valence-electron chi connectivity index (χ1n) is 25.4. The molecule has 4 saturated heterocycles. The van der Waals surface area contributed by atoms with Gasteiger partial charge in [-0.1, -0.05) is 88.4 Å². The van der Waals surface area contributed by atoms with Crippen LogP contribution in [0.25, 0.3) is 11.1 Å². The van der Waals surface area contributed by atoms with Crippen molar-refractivity contribution in [2.45, 2.75) is 101 Å². The highest BCUT2D eigenvalue weighted by Crippen LogP contribution is 2.49. The third-order valence-corrected chi connectivity index (χ3v) is 15.8. The third kappa shape index (κ3) is 9.52. The maximum absolute atomic E-state index is 14.3. The lowest BCUT2D eigenvalue weighted by atomic mass is 9.84. The highest BCUT2D eigenvalue weighted by molar-refractivity contribution is 5.96. The number of likely N-dealkylation sites (N-methyl/N-ethyl adjacent to an activating group) is 2. The van der Waals surface area contributed by atoms with Crippen LogP contribution < -0.4 is 21.3 Å². The summed E-state index contributed by atoms with van der Waals surface area (Å²) in [6.45, 7) is 10.5. The summed E-state index contributed by atoms with van der Waals surface area (Å²) in [7, 11) is 2.73. The number of nitrogens with two attached hydrogens (primary N) is 2. The number of carboxylic acid groups (broad SMARTS) is 2. The van der Waals surface area contributed by atoms with E-state index in [9.17, 15) is 39.0 Å². The van der Waals surface area contributed by atoms with E-state index in [-0.39, 0.29) is 37.0 Å². The minimum absolute atomic E-state index is 0.154. The molecule has 4 aromatic rings. The number of hydrogen-bond donors (Lipinski definition) is 4. The van der Waals surface area contributed by atoms with Crippen LogP contribution in [0.4, 0.5) is 21.1 Å². The molecule has 0 radical (unpaired) electrons. The number of rotatable bonds is 15. The Morgan fingerprint density at radius 1 is 0.616 bits per heavy atom. The summed E-state index contributed by atoms with van der Waals surface area (Å²) in [4.78, 5) is 94.4. The Kier molecular flexibility index (Phi) is 15.1. The largest absolute Gasteiger partial charge is 0.465 e. The lowest BCUT2D eigenvalue weighted by Gasteiger charge is -2.41. The summed E-state index contributed by atoms with van der Waals surface area (Å²) in [5, 5.41) is 19.8. The molecule has 0 spiro atoms. The van der Waals surface area contributed by atoms with Gasteiger partial charge in [-0.05, 0) is 102 Å². The first kappa shape index (κ1) is 52.1. The van der Waals surface area contributed by atoms with Crippen LogP contribution in [0, 0.1) is 11.8 Å². The molecule has 5 heterocycles. The predicted molar refractivity (Wildman–Crippen MR) is 275 cm³/mol. The first-order valence-corrected chi connectivity index (χ1v) is 25.4.